The number of hydrogen-bond donors (Lipinski definition) is 0. The second-order valence-electron chi connectivity index (χ2n) is 6.10. The van der Waals surface area contributed by atoms with E-state index >= 15 is 0 Å². The van der Waals surface area contributed by atoms with Gasteiger partial charge >= 0.3 is 0 Å². The second-order valence-corrected chi connectivity index (χ2v) is 6.10. The van der Waals surface area contributed by atoms with Gasteiger partial charge in [0.15, 0.2) is 0 Å². The Kier molecular flexibility index (Phi) is 2.86. The first-order valence-electron chi connectivity index (χ1n) is 8.15. The number of aromatic nitrogens is 1. The molecule has 0 saturated heterocycles. The molecule has 24 heavy (non-hydrogen) atoms. The first kappa shape index (κ1) is 13.3. The van der Waals surface area contributed by atoms with Gasteiger partial charge in [0.25, 0.3) is 0 Å². The summed E-state index contributed by atoms with van der Waals surface area (Å²) in [5.41, 5.74) is 2.43. The van der Waals surface area contributed by atoms with E-state index in [9.17, 15) is 0 Å². The van der Waals surface area contributed by atoms with Gasteiger partial charge in [-0.05, 0) is 50.0 Å². The van der Waals surface area contributed by atoms with Gasteiger partial charge in [-0.25, -0.2) is 0 Å². The van der Waals surface area contributed by atoms with Gasteiger partial charge in [0.05, 0.1) is 0 Å². The Labute approximate surface area is 140 Å². The molecule has 112 valence electrons. The molecule has 0 unspecified atom stereocenters. The van der Waals surface area contributed by atoms with E-state index in [1.165, 1.54) is 37.9 Å². The van der Waals surface area contributed by atoms with E-state index in [-0.39, 0.29) is 0 Å². The molecule has 5 aromatic rings. The lowest BCUT2D eigenvalue weighted by atomic mass is 9.90. The maximum atomic E-state index is 4.34. The van der Waals surface area contributed by atoms with Crippen molar-refractivity contribution in [2.75, 3.05) is 0 Å². The average Bonchev–Trinajstić information content (AvgIpc) is 2.67. The van der Waals surface area contributed by atoms with E-state index < -0.39 is 0 Å². The molecule has 0 saturated carbocycles. The Morgan fingerprint density at radius 2 is 1.33 bits per heavy atom. The van der Waals surface area contributed by atoms with Gasteiger partial charge in [-0.2, -0.15) is 0 Å². The van der Waals surface area contributed by atoms with Crippen LogP contribution in [0.3, 0.4) is 0 Å². The summed E-state index contributed by atoms with van der Waals surface area (Å²) in [6.07, 6.45) is 3.78. The average molecular weight is 305 g/mol. The normalized spacial score (nSPS) is 11.3. The van der Waals surface area contributed by atoms with Crippen LogP contribution in [0.1, 0.15) is 0 Å². The van der Waals surface area contributed by atoms with Crippen molar-refractivity contribution in [2.45, 2.75) is 0 Å². The summed E-state index contributed by atoms with van der Waals surface area (Å²) < 4.78 is 0. The van der Waals surface area contributed by atoms with Crippen LogP contribution >= 0.6 is 0 Å². The highest BCUT2D eigenvalue weighted by molar-refractivity contribution is 6.19. The van der Waals surface area contributed by atoms with Crippen LogP contribution in [-0.2, 0) is 0 Å². The molecule has 4 aromatic carbocycles. The fraction of sp³-hybridized carbons (Fsp3) is 0. The topological polar surface area (TPSA) is 12.9 Å². The van der Waals surface area contributed by atoms with Crippen LogP contribution in [0.15, 0.2) is 91.3 Å². The van der Waals surface area contributed by atoms with Gasteiger partial charge in [0.1, 0.15) is 0 Å². The summed E-state index contributed by atoms with van der Waals surface area (Å²) in [6.45, 7) is 0. The highest BCUT2D eigenvalue weighted by atomic mass is 14.6. The molecule has 0 radical (unpaired) electrons. The zero-order valence-electron chi connectivity index (χ0n) is 13.1. The third kappa shape index (κ3) is 1.92. The molecule has 0 amide bonds. The van der Waals surface area contributed by atoms with Gasteiger partial charge in [-0.15, -0.1) is 0 Å². The number of pyridine rings is 1. The minimum Gasteiger partial charge on any atom is -0.264 e. The van der Waals surface area contributed by atoms with Crippen molar-refractivity contribution < 1.29 is 0 Å². The van der Waals surface area contributed by atoms with Crippen LogP contribution in [0, 0.1) is 0 Å². The van der Waals surface area contributed by atoms with Crippen molar-refractivity contribution in [3.05, 3.63) is 91.3 Å². The molecule has 0 aliphatic carbocycles. The van der Waals surface area contributed by atoms with Crippen LogP contribution < -0.4 is 0 Å². The highest BCUT2D eigenvalue weighted by Gasteiger charge is 2.11. The molecule has 1 aromatic heterocycles. The van der Waals surface area contributed by atoms with E-state index in [1.807, 2.05) is 18.5 Å². The van der Waals surface area contributed by atoms with Gasteiger partial charge < -0.3 is 0 Å². The third-order valence-electron chi connectivity index (χ3n) is 4.72. The zero-order chi connectivity index (χ0) is 15.9. The van der Waals surface area contributed by atoms with Gasteiger partial charge in [0, 0.05) is 18.0 Å². The molecule has 0 aliphatic rings. The highest BCUT2D eigenvalue weighted by Crippen LogP contribution is 2.38. The number of benzene rings is 4. The Morgan fingerprint density at radius 1 is 0.542 bits per heavy atom. The molecule has 0 spiro atoms. The van der Waals surface area contributed by atoms with E-state index in [0.29, 0.717) is 0 Å². The lowest BCUT2D eigenvalue weighted by Crippen LogP contribution is -1.87. The first-order valence-corrected chi connectivity index (χ1v) is 8.15. The van der Waals surface area contributed by atoms with Crippen molar-refractivity contribution in [1.29, 1.82) is 0 Å². The Bertz CT molecular complexity index is 1190. The Morgan fingerprint density at radius 3 is 2.17 bits per heavy atom. The van der Waals surface area contributed by atoms with Gasteiger partial charge in [0.2, 0.25) is 0 Å². The Hall–Kier alpha value is -3.19. The Balaban J connectivity index is 2.05. The minimum absolute atomic E-state index is 1.16. The summed E-state index contributed by atoms with van der Waals surface area (Å²) >= 11 is 0. The van der Waals surface area contributed by atoms with Gasteiger partial charge in [-0.3, -0.25) is 4.98 Å². The molecule has 0 bridgehead atoms. The predicted octanol–water partition coefficient (Wildman–Crippen LogP) is 6.21. The lowest BCUT2D eigenvalue weighted by molar-refractivity contribution is 1.33. The van der Waals surface area contributed by atoms with Crippen molar-refractivity contribution in [1.82, 2.24) is 4.98 Å². The quantitative estimate of drug-likeness (QED) is 0.265. The zero-order valence-corrected chi connectivity index (χ0v) is 13.1. The van der Waals surface area contributed by atoms with Gasteiger partial charge in [-0.1, -0.05) is 66.7 Å². The number of rotatable bonds is 1. The summed E-state index contributed by atoms with van der Waals surface area (Å²) in [5.74, 6) is 0. The van der Waals surface area contributed by atoms with Crippen LogP contribution in [0.25, 0.3) is 43.4 Å². The summed E-state index contributed by atoms with van der Waals surface area (Å²) in [5, 5.41) is 7.68. The molecule has 1 heteroatoms. The van der Waals surface area contributed by atoms with E-state index in [0.717, 1.165) is 5.56 Å². The van der Waals surface area contributed by atoms with Crippen molar-refractivity contribution in [3.63, 3.8) is 0 Å². The van der Waals surface area contributed by atoms with E-state index in [2.05, 4.69) is 77.8 Å². The molecular formula is C23H15N. The van der Waals surface area contributed by atoms with E-state index in [1.54, 1.807) is 0 Å². The number of nitrogens with zero attached hydrogens (tertiary/aromatic N) is 1. The maximum absolute atomic E-state index is 4.34. The lowest BCUT2D eigenvalue weighted by Gasteiger charge is -2.13. The summed E-state index contributed by atoms with van der Waals surface area (Å²) in [6, 6.07) is 28.1. The largest absolute Gasteiger partial charge is 0.264 e. The van der Waals surface area contributed by atoms with Crippen LogP contribution in [0.5, 0.6) is 0 Å². The first-order chi connectivity index (χ1) is 11.9. The van der Waals surface area contributed by atoms with E-state index in [4.69, 9.17) is 0 Å². The fourth-order valence-corrected chi connectivity index (χ4v) is 3.64. The molecule has 5 rings (SSSR count). The molecule has 0 aliphatic heterocycles. The molecule has 1 heterocycles. The van der Waals surface area contributed by atoms with Crippen LogP contribution in [0.2, 0.25) is 0 Å². The minimum atomic E-state index is 1.16. The number of fused-ring (bicyclic) bond motifs is 4. The maximum Gasteiger partial charge on any atom is 0.0346 e. The molecule has 1 nitrogen and oxygen atoms in total. The predicted molar refractivity (Wildman–Crippen MR) is 102 cm³/mol. The molecule has 0 fully saturated rings. The van der Waals surface area contributed by atoms with Crippen LogP contribution in [0.4, 0.5) is 0 Å². The molecular weight excluding hydrogens is 290 g/mol. The summed E-state index contributed by atoms with van der Waals surface area (Å²) in [4.78, 5) is 4.34. The summed E-state index contributed by atoms with van der Waals surface area (Å²) in [7, 11) is 0. The fourth-order valence-electron chi connectivity index (χ4n) is 3.64. The number of hydrogen-bond acceptors (Lipinski definition) is 1. The second kappa shape index (κ2) is 5.17. The third-order valence-corrected chi connectivity index (χ3v) is 4.72. The van der Waals surface area contributed by atoms with Crippen LogP contribution in [-0.4, -0.2) is 4.98 Å². The van der Waals surface area contributed by atoms with Crippen molar-refractivity contribution in [3.8, 4) is 11.1 Å². The monoisotopic (exact) mass is 305 g/mol. The standard InChI is InChI=1S/C23H15N/c1-3-9-19-16(6-1)11-12-21-22(19)14-17-7-2-4-10-20(17)23(21)18-8-5-13-24-15-18/h1-15H. The molecule has 0 N–H and O–H groups in total. The van der Waals surface area contributed by atoms with Crippen molar-refractivity contribution in [2.24, 2.45) is 0 Å². The SMILES string of the molecule is c1cncc(-c2c3ccccc3cc3c2ccc2ccccc23)c1. The van der Waals surface area contributed by atoms with Crippen molar-refractivity contribution >= 4 is 32.3 Å². The smallest absolute Gasteiger partial charge is 0.0346 e. The molecule has 0 atom stereocenters.